The van der Waals surface area contributed by atoms with Crippen molar-refractivity contribution in [3.8, 4) is 5.75 Å². The van der Waals surface area contributed by atoms with Crippen LogP contribution in [0.1, 0.15) is 11.3 Å². The predicted molar refractivity (Wildman–Crippen MR) is 101 cm³/mol. The summed E-state index contributed by atoms with van der Waals surface area (Å²) in [5, 5.41) is 11.0. The van der Waals surface area contributed by atoms with Crippen LogP contribution in [0.15, 0.2) is 48.8 Å². The maximum atomic E-state index is 12.8. The first kappa shape index (κ1) is 17.3. The molecule has 8 heteroatoms. The molecule has 1 unspecified atom stereocenters. The van der Waals surface area contributed by atoms with Crippen molar-refractivity contribution in [2.45, 2.75) is 5.54 Å². The van der Waals surface area contributed by atoms with Crippen molar-refractivity contribution in [1.29, 1.82) is 0 Å². The van der Waals surface area contributed by atoms with Gasteiger partial charge in [0.15, 0.2) is 5.65 Å². The molecule has 2 aromatic heterocycles. The highest BCUT2D eigenvalue weighted by atomic mass is 16.5. The first-order valence-electron chi connectivity index (χ1n) is 8.85. The number of imidazole rings is 1. The van der Waals surface area contributed by atoms with E-state index in [1.54, 1.807) is 31.1 Å². The van der Waals surface area contributed by atoms with E-state index in [9.17, 15) is 4.79 Å². The van der Waals surface area contributed by atoms with E-state index < -0.39 is 5.54 Å². The van der Waals surface area contributed by atoms with Crippen molar-refractivity contribution >= 4 is 11.7 Å². The van der Waals surface area contributed by atoms with Gasteiger partial charge >= 0.3 is 6.03 Å². The van der Waals surface area contributed by atoms with E-state index in [2.05, 4.69) is 15.6 Å². The second-order valence-electron chi connectivity index (χ2n) is 6.39. The molecule has 0 spiro atoms. The van der Waals surface area contributed by atoms with Gasteiger partial charge in [-0.3, -0.25) is 0 Å². The molecule has 1 atom stereocenters. The molecule has 0 saturated carbocycles. The molecular formula is C19H22N6O2. The number of nitrogens with one attached hydrogen (secondary N) is 2. The van der Waals surface area contributed by atoms with Crippen molar-refractivity contribution in [3.05, 3.63) is 60.0 Å². The molecule has 1 aromatic carbocycles. The zero-order chi connectivity index (χ0) is 18.9. The summed E-state index contributed by atoms with van der Waals surface area (Å²) in [7, 11) is 3.28. The number of fused-ring (bicyclic) bond motifs is 1. The lowest BCUT2D eigenvalue weighted by Crippen LogP contribution is -2.63. The second-order valence-corrected chi connectivity index (χ2v) is 6.39. The van der Waals surface area contributed by atoms with Crippen LogP contribution in [0.4, 0.5) is 4.79 Å². The lowest BCUT2D eigenvalue weighted by molar-refractivity contribution is 0.109. The summed E-state index contributed by atoms with van der Waals surface area (Å²) < 4.78 is 7.37. The molecule has 2 amide bonds. The van der Waals surface area contributed by atoms with Gasteiger partial charge in [-0.25, -0.2) is 14.3 Å². The minimum absolute atomic E-state index is 0.157. The Hall–Kier alpha value is -3.13. The van der Waals surface area contributed by atoms with Crippen molar-refractivity contribution < 1.29 is 9.53 Å². The van der Waals surface area contributed by atoms with Gasteiger partial charge in [-0.2, -0.15) is 5.10 Å². The molecule has 4 rings (SSSR count). The predicted octanol–water partition coefficient (Wildman–Crippen LogP) is 1.23. The number of hydrogen-bond acceptors (Lipinski definition) is 5. The maximum absolute atomic E-state index is 12.8. The average molecular weight is 366 g/mol. The van der Waals surface area contributed by atoms with Crippen LogP contribution in [0.25, 0.3) is 5.65 Å². The molecule has 27 heavy (non-hydrogen) atoms. The molecule has 1 fully saturated rings. The number of nitrogens with zero attached hydrogens (tertiary/aromatic N) is 4. The molecule has 140 valence electrons. The molecular weight excluding hydrogens is 344 g/mol. The van der Waals surface area contributed by atoms with Crippen molar-refractivity contribution in [1.82, 2.24) is 30.1 Å². The molecule has 0 aliphatic carbocycles. The lowest BCUT2D eigenvalue weighted by atomic mass is 9.82. The summed E-state index contributed by atoms with van der Waals surface area (Å²) in [5.74, 6) is 0.711. The van der Waals surface area contributed by atoms with Gasteiger partial charge in [-0.05, 0) is 18.2 Å². The third-order valence-electron chi connectivity index (χ3n) is 5.04. The van der Waals surface area contributed by atoms with Crippen LogP contribution in [0.3, 0.4) is 0 Å². The lowest BCUT2D eigenvalue weighted by Gasteiger charge is -2.47. The van der Waals surface area contributed by atoms with Gasteiger partial charge in [0, 0.05) is 44.6 Å². The fraction of sp³-hybridized carbons (Fsp3) is 0.316. The Morgan fingerprint density at radius 1 is 1.30 bits per heavy atom. The quantitative estimate of drug-likeness (QED) is 0.728. The largest absolute Gasteiger partial charge is 0.496 e. The topological polar surface area (TPSA) is 83.8 Å². The van der Waals surface area contributed by atoms with Crippen LogP contribution in [0.2, 0.25) is 0 Å². The number of piperazine rings is 1. The van der Waals surface area contributed by atoms with Crippen LogP contribution < -0.4 is 15.4 Å². The Balaban J connectivity index is 2.00. The number of ether oxygens (including phenoxy) is 1. The van der Waals surface area contributed by atoms with Gasteiger partial charge in [-0.1, -0.05) is 18.2 Å². The molecule has 1 saturated heterocycles. The molecule has 0 bridgehead atoms. The van der Waals surface area contributed by atoms with Gasteiger partial charge in [-0.15, -0.1) is 0 Å². The minimum Gasteiger partial charge on any atom is -0.496 e. The fourth-order valence-electron chi connectivity index (χ4n) is 3.79. The zero-order valence-electron chi connectivity index (χ0n) is 15.3. The minimum atomic E-state index is -0.816. The number of para-hydroxylation sites is 1. The Labute approximate surface area is 157 Å². The standard InChI is InChI=1S/C19H22N6O2/c1-20-18(26)24-11-9-21-13-19(24,14-5-3-4-6-15(14)27-2)16-7-8-17-22-10-12-25(17)23-16/h3-8,10,12,21H,9,11,13H2,1-2H3,(H,20,26). The number of urea groups is 1. The number of hydrogen-bond donors (Lipinski definition) is 2. The Morgan fingerprint density at radius 2 is 2.15 bits per heavy atom. The summed E-state index contributed by atoms with van der Waals surface area (Å²) in [6, 6.07) is 11.4. The van der Waals surface area contributed by atoms with Gasteiger partial charge < -0.3 is 20.3 Å². The highest BCUT2D eigenvalue weighted by molar-refractivity contribution is 5.76. The van der Waals surface area contributed by atoms with E-state index in [0.29, 0.717) is 25.4 Å². The van der Waals surface area contributed by atoms with Crippen molar-refractivity contribution in [3.63, 3.8) is 0 Å². The molecule has 3 aromatic rings. The molecule has 8 nitrogen and oxygen atoms in total. The Morgan fingerprint density at radius 3 is 2.96 bits per heavy atom. The molecule has 1 aliphatic rings. The highest BCUT2D eigenvalue weighted by Crippen LogP contribution is 2.40. The SMILES string of the molecule is CNC(=O)N1CCNCC1(c1ccc2nccn2n1)c1ccccc1OC. The summed E-state index contributed by atoms with van der Waals surface area (Å²) in [4.78, 5) is 18.9. The van der Waals surface area contributed by atoms with Crippen LogP contribution >= 0.6 is 0 Å². The number of carbonyl (C=O) groups is 1. The first-order chi connectivity index (χ1) is 13.2. The third kappa shape index (κ3) is 2.69. The third-order valence-corrected chi connectivity index (χ3v) is 5.04. The molecule has 1 aliphatic heterocycles. The summed E-state index contributed by atoms with van der Waals surface area (Å²) in [5.41, 5.74) is 1.57. The van der Waals surface area contributed by atoms with Crippen LogP contribution in [-0.2, 0) is 5.54 Å². The van der Waals surface area contributed by atoms with E-state index in [4.69, 9.17) is 9.84 Å². The monoisotopic (exact) mass is 366 g/mol. The number of benzene rings is 1. The van der Waals surface area contributed by atoms with Gasteiger partial charge in [0.05, 0.1) is 12.8 Å². The molecule has 0 radical (unpaired) electrons. The maximum Gasteiger partial charge on any atom is 0.318 e. The van der Waals surface area contributed by atoms with E-state index >= 15 is 0 Å². The number of aromatic nitrogens is 3. The summed E-state index contributed by atoms with van der Waals surface area (Å²) in [6.45, 7) is 1.77. The smallest absolute Gasteiger partial charge is 0.318 e. The Bertz CT molecular complexity index is 971. The summed E-state index contributed by atoms with van der Waals surface area (Å²) >= 11 is 0. The van der Waals surface area contributed by atoms with E-state index in [-0.39, 0.29) is 6.03 Å². The van der Waals surface area contributed by atoms with Crippen LogP contribution in [0, 0.1) is 0 Å². The fourth-order valence-corrected chi connectivity index (χ4v) is 3.79. The van der Waals surface area contributed by atoms with Crippen LogP contribution in [-0.4, -0.2) is 59.3 Å². The van der Waals surface area contributed by atoms with Crippen LogP contribution in [0.5, 0.6) is 5.75 Å². The van der Waals surface area contributed by atoms with E-state index in [1.165, 1.54) is 0 Å². The normalized spacial score (nSPS) is 19.9. The highest BCUT2D eigenvalue weighted by Gasteiger charge is 2.47. The first-order valence-corrected chi connectivity index (χ1v) is 8.85. The van der Waals surface area contributed by atoms with E-state index in [0.717, 1.165) is 16.9 Å². The number of carbonyl (C=O) groups excluding carboxylic acids is 1. The molecule has 2 N–H and O–H groups in total. The van der Waals surface area contributed by atoms with Gasteiger partial charge in [0.2, 0.25) is 0 Å². The summed E-state index contributed by atoms with van der Waals surface area (Å²) in [6.07, 6.45) is 3.51. The second kappa shape index (κ2) is 6.88. The Kier molecular flexibility index (Phi) is 4.41. The van der Waals surface area contributed by atoms with Crippen molar-refractivity contribution in [2.75, 3.05) is 33.8 Å². The van der Waals surface area contributed by atoms with E-state index in [1.807, 2.05) is 41.3 Å². The molecule has 3 heterocycles. The average Bonchev–Trinajstić information content (AvgIpc) is 3.21. The number of amides is 2. The number of rotatable bonds is 3. The van der Waals surface area contributed by atoms with Gasteiger partial charge in [0.1, 0.15) is 11.3 Å². The zero-order valence-corrected chi connectivity index (χ0v) is 15.3. The van der Waals surface area contributed by atoms with Gasteiger partial charge in [0.25, 0.3) is 0 Å². The number of methoxy groups -OCH3 is 1. The van der Waals surface area contributed by atoms with Crippen molar-refractivity contribution in [2.24, 2.45) is 0 Å².